The van der Waals surface area contributed by atoms with E-state index in [-0.39, 0.29) is 12.3 Å². The van der Waals surface area contributed by atoms with E-state index in [1.165, 1.54) is 4.90 Å². The molecule has 1 aromatic carbocycles. The standard InChI is InChI=1S/C19H25N5O3/c1-3-22-8-9-23(13(2)11-22)12-14-4-5-16-15(10-14)18(21-27-16)24-7-6-17(25)20-19(24)26/h4-5,10,13H,3,6-9,11-12H2,1-2H3,(H,20,25,26)/t13-/m1/s1. The van der Waals surface area contributed by atoms with E-state index < -0.39 is 6.03 Å². The fraction of sp³-hybridized carbons (Fsp3) is 0.526. The van der Waals surface area contributed by atoms with Crippen LogP contribution in [0.4, 0.5) is 10.6 Å². The fourth-order valence-corrected chi connectivity index (χ4v) is 3.86. The molecule has 1 atom stereocenters. The Morgan fingerprint density at radius 2 is 2.11 bits per heavy atom. The maximum Gasteiger partial charge on any atom is 0.329 e. The molecule has 2 fully saturated rings. The molecule has 2 aliphatic heterocycles. The van der Waals surface area contributed by atoms with E-state index in [0.29, 0.717) is 24.0 Å². The highest BCUT2D eigenvalue weighted by Gasteiger charge is 2.28. The molecule has 27 heavy (non-hydrogen) atoms. The zero-order valence-corrected chi connectivity index (χ0v) is 15.8. The first-order valence-electron chi connectivity index (χ1n) is 9.51. The maximum atomic E-state index is 12.2. The van der Waals surface area contributed by atoms with Crippen molar-refractivity contribution in [3.8, 4) is 0 Å². The number of imide groups is 1. The monoisotopic (exact) mass is 371 g/mol. The molecule has 144 valence electrons. The van der Waals surface area contributed by atoms with Crippen LogP contribution in [0.1, 0.15) is 25.8 Å². The third kappa shape index (κ3) is 3.54. The molecule has 0 spiro atoms. The van der Waals surface area contributed by atoms with Crippen LogP contribution in [0.3, 0.4) is 0 Å². The Labute approximate surface area is 158 Å². The predicted molar refractivity (Wildman–Crippen MR) is 101 cm³/mol. The van der Waals surface area contributed by atoms with Gasteiger partial charge in [-0.1, -0.05) is 18.1 Å². The van der Waals surface area contributed by atoms with Crippen LogP contribution in [0.15, 0.2) is 22.7 Å². The highest BCUT2D eigenvalue weighted by Crippen LogP contribution is 2.29. The van der Waals surface area contributed by atoms with Crippen LogP contribution in [0, 0.1) is 0 Å². The summed E-state index contributed by atoms with van der Waals surface area (Å²) >= 11 is 0. The lowest BCUT2D eigenvalue weighted by atomic mass is 10.1. The largest absolute Gasteiger partial charge is 0.354 e. The Bertz CT molecular complexity index is 864. The lowest BCUT2D eigenvalue weighted by Gasteiger charge is -2.39. The summed E-state index contributed by atoms with van der Waals surface area (Å²) in [6.07, 6.45) is 0.263. The second kappa shape index (κ2) is 7.28. The van der Waals surface area contributed by atoms with Crippen LogP contribution >= 0.6 is 0 Å². The quantitative estimate of drug-likeness (QED) is 0.883. The van der Waals surface area contributed by atoms with Crippen molar-refractivity contribution in [1.82, 2.24) is 20.3 Å². The average Bonchev–Trinajstić information content (AvgIpc) is 3.06. The minimum atomic E-state index is -0.448. The lowest BCUT2D eigenvalue weighted by Crippen LogP contribution is -2.51. The van der Waals surface area contributed by atoms with Crippen molar-refractivity contribution < 1.29 is 14.1 Å². The van der Waals surface area contributed by atoms with Gasteiger partial charge in [0, 0.05) is 45.2 Å². The molecule has 3 heterocycles. The van der Waals surface area contributed by atoms with Gasteiger partial charge in [-0.05, 0) is 31.2 Å². The predicted octanol–water partition coefficient (Wildman–Crippen LogP) is 1.80. The molecule has 0 radical (unpaired) electrons. The van der Waals surface area contributed by atoms with E-state index in [9.17, 15) is 9.59 Å². The maximum absolute atomic E-state index is 12.2. The molecule has 8 nitrogen and oxygen atoms in total. The Balaban J connectivity index is 1.55. The summed E-state index contributed by atoms with van der Waals surface area (Å²) in [5, 5.41) is 7.21. The summed E-state index contributed by atoms with van der Waals surface area (Å²) in [4.78, 5) is 30.0. The number of nitrogens with zero attached hydrogens (tertiary/aromatic N) is 4. The van der Waals surface area contributed by atoms with E-state index >= 15 is 0 Å². The van der Waals surface area contributed by atoms with Gasteiger partial charge in [0.25, 0.3) is 0 Å². The molecule has 3 amide bonds. The number of urea groups is 1. The van der Waals surface area contributed by atoms with Crippen molar-refractivity contribution in [2.24, 2.45) is 0 Å². The number of likely N-dealkylation sites (N-methyl/N-ethyl adjacent to an activating group) is 1. The number of rotatable bonds is 4. The Kier molecular flexibility index (Phi) is 4.84. The summed E-state index contributed by atoms with van der Waals surface area (Å²) < 4.78 is 5.40. The van der Waals surface area contributed by atoms with Gasteiger partial charge in [0.2, 0.25) is 5.91 Å². The molecule has 2 aromatic rings. The normalized spacial score (nSPS) is 22.4. The number of hydrogen-bond donors (Lipinski definition) is 1. The minimum absolute atomic E-state index is 0.259. The minimum Gasteiger partial charge on any atom is -0.354 e. The number of carbonyl (C=O) groups excluding carboxylic acids is 2. The molecule has 2 saturated heterocycles. The molecule has 4 rings (SSSR count). The second-order valence-electron chi connectivity index (χ2n) is 7.30. The first kappa shape index (κ1) is 17.9. The van der Waals surface area contributed by atoms with Crippen molar-refractivity contribution >= 4 is 28.7 Å². The number of benzene rings is 1. The third-order valence-corrected chi connectivity index (χ3v) is 5.51. The molecular formula is C19H25N5O3. The average molecular weight is 371 g/mol. The van der Waals surface area contributed by atoms with Crippen molar-refractivity contribution in [1.29, 1.82) is 0 Å². The molecule has 0 unspecified atom stereocenters. The number of aromatic nitrogens is 1. The number of piperazine rings is 1. The van der Waals surface area contributed by atoms with Gasteiger partial charge < -0.3 is 9.42 Å². The molecule has 1 aromatic heterocycles. The van der Waals surface area contributed by atoms with Crippen molar-refractivity contribution in [3.05, 3.63) is 23.8 Å². The first-order chi connectivity index (χ1) is 13.0. The van der Waals surface area contributed by atoms with E-state index in [1.54, 1.807) is 0 Å². The van der Waals surface area contributed by atoms with E-state index in [0.717, 1.165) is 43.7 Å². The Morgan fingerprint density at radius 3 is 2.85 bits per heavy atom. The van der Waals surface area contributed by atoms with Gasteiger partial charge in [-0.2, -0.15) is 0 Å². The van der Waals surface area contributed by atoms with E-state index in [1.807, 2.05) is 12.1 Å². The summed E-state index contributed by atoms with van der Waals surface area (Å²) in [5.74, 6) is 0.214. The second-order valence-corrected chi connectivity index (χ2v) is 7.30. The molecule has 0 aliphatic carbocycles. The van der Waals surface area contributed by atoms with Crippen LogP contribution in [-0.4, -0.2) is 65.7 Å². The molecule has 8 heteroatoms. The van der Waals surface area contributed by atoms with Gasteiger partial charge in [-0.25, -0.2) is 4.79 Å². The number of nitrogens with one attached hydrogen (secondary N) is 1. The molecule has 2 aliphatic rings. The van der Waals surface area contributed by atoms with Crippen molar-refractivity contribution in [3.63, 3.8) is 0 Å². The van der Waals surface area contributed by atoms with Crippen LogP contribution < -0.4 is 10.2 Å². The van der Waals surface area contributed by atoms with Gasteiger partial charge >= 0.3 is 6.03 Å². The number of fused-ring (bicyclic) bond motifs is 1. The third-order valence-electron chi connectivity index (χ3n) is 5.51. The number of hydrogen-bond acceptors (Lipinski definition) is 6. The number of carbonyl (C=O) groups is 2. The fourth-order valence-electron chi connectivity index (χ4n) is 3.86. The zero-order valence-electron chi connectivity index (χ0n) is 15.8. The Morgan fingerprint density at radius 1 is 1.26 bits per heavy atom. The van der Waals surface area contributed by atoms with E-state index in [4.69, 9.17) is 4.52 Å². The topological polar surface area (TPSA) is 81.9 Å². The van der Waals surface area contributed by atoms with Crippen LogP contribution in [0.2, 0.25) is 0 Å². The highest BCUT2D eigenvalue weighted by molar-refractivity contribution is 6.08. The molecule has 1 N–H and O–H groups in total. The van der Waals surface area contributed by atoms with Crippen molar-refractivity contribution in [2.75, 3.05) is 37.6 Å². The first-order valence-corrected chi connectivity index (χ1v) is 9.51. The lowest BCUT2D eigenvalue weighted by molar-refractivity contribution is -0.120. The molecule has 0 bridgehead atoms. The zero-order chi connectivity index (χ0) is 19.0. The van der Waals surface area contributed by atoms with Gasteiger partial charge in [-0.3, -0.25) is 19.9 Å². The van der Waals surface area contributed by atoms with Gasteiger partial charge in [0.1, 0.15) is 0 Å². The molecule has 0 saturated carbocycles. The highest BCUT2D eigenvalue weighted by atomic mass is 16.5. The van der Waals surface area contributed by atoms with E-state index in [2.05, 4.69) is 40.2 Å². The SMILES string of the molecule is CCN1CCN(Cc2ccc3onc(N4CCC(=O)NC4=O)c3c2)[C@H](C)C1. The van der Waals surface area contributed by atoms with Gasteiger partial charge in [0.05, 0.1) is 5.39 Å². The molecular weight excluding hydrogens is 346 g/mol. The smallest absolute Gasteiger partial charge is 0.329 e. The van der Waals surface area contributed by atoms with Gasteiger partial charge in [-0.15, -0.1) is 0 Å². The number of amides is 3. The summed E-state index contributed by atoms with van der Waals surface area (Å²) in [6, 6.07) is 6.05. The van der Waals surface area contributed by atoms with Gasteiger partial charge in [0.15, 0.2) is 11.4 Å². The summed E-state index contributed by atoms with van der Waals surface area (Å²) in [6.45, 7) is 9.93. The summed E-state index contributed by atoms with van der Waals surface area (Å²) in [7, 11) is 0. The summed E-state index contributed by atoms with van der Waals surface area (Å²) in [5.41, 5.74) is 1.81. The number of anilines is 1. The van der Waals surface area contributed by atoms with Crippen LogP contribution in [0.25, 0.3) is 11.0 Å². The van der Waals surface area contributed by atoms with Crippen LogP contribution in [0.5, 0.6) is 0 Å². The van der Waals surface area contributed by atoms with Crippen molar-refractivity contribution in [2.45, 2.75) is 32.9 Å². The Hall–Kier alpha value is -2.45. The van der Waals surface area contributed by atoms with Crippen LogP contribution in [-0.2, 0) is 11.3 Å².